The van der Waals surface area contributed by atoms with Crippen molar-refractivity contribution >= 4 is 23.6 Å². The van der Waals surface area contributed by atoms with E-state index in [1.807, 2.05) is 4.90 Å². The standard InChI is InChI=1S/C12H22N2O3S/c1-12(13-2,11(16)17)5-8-18-9-10(15)14-6-3-4-7-14/h13H,3-9H2,1-2H3,(H,16,17). The molecule has 1 aliphatic heterocycles. The number of carboxylic acids is 1. The Bertz CT molecular complexity index is 306. The second-order valence-corrected chi connectivity index (χ2v) is 5.88. The number of thioether (sulfide) groups is 1. The second kappa shape index (κ2) is 6.99. The average Bonchev–Trinajstić information content (AvgIpc) is 2.87. The number of carbonyl (C=O) groups is 2. The summed E-state index contributed by atoms with van der Waals surface area (Å²) in [4.78, 5) is 24.7. The molecule has 0 aromatic carbocycles. The molecule has 0 spiro atoms. The summed E-state index contributed by atoms with van der Waals surface area (Å²) in [7, 11) is 1.65. The smallest absolute Gasteiger partial charge is 0.323 e. The molecule has 5 nitrogen and oxygen atoms in total. The van der Waals surface area contributed by atoms with Crippen LogP contribution < -0.4 is 5.32 Å². The van der Waals surface area contributed by atoms with Crippen molar-refractivity contribution in [1.29, 1.82) is 0 Å². The molecule has 1 atom stereocenters. The van der Waals surface area contributed by atoms with E-state index in [1.54, 1.807) is 14.0 Å². The molecule has 104 valence electrons. The van der Waals surface area contributed by atoms with Gasteiger partial charge in [0.05, 0.1) is 5.75 Å². The average molecular weight is 274 g/mol. The van der Waals surface area contributed by atoms with Crippen molar-refractivity contribution in [2.75, 3.05) is 31.6 Å². The van der Waals surface area contributed by atoms with Crippen LogP contribution >= 0.6 is 11.8 Å². The highest BCUT2D eigenvalue weighted by atomic mass is 32.2. The Hall–Kier alpha value is -0.750. The third-order valence-electron chi connectivity index (χ3n) is 3.45. The van der Waals surface area contributed by atoms with Crippen LogP contribution in [0.5, 0.6) is 0 Å². The van der Waals surface area contributed by atoms with Crippen LogP contribution in [-0.2, 0) is 9.59 Å². The molecular formula is C12H22N2O3S. The van der Waals surface area contributed by atoms with E-state index in [0.717, 1.165) is 25.9 Å². The Balaban J connectivity index is 2.21. The van der Waals surface area contributed by atoms with Gasteiger partial charge in [0, 0.05) is 13.1 Å². The van der Waals surface area contributed by atoms with Gasteiger partial charge in [-0.25, -0.2) is 0 Å². The van der Waals surface area contributed by atoms with Crippen LogP contribution in [0, 0.1) is 0 Å². The van der Waals surface area contributed by atoms with Crippen LogP contribution in [0.3, 0.4) is 0 Å². The maximum absolute atomic E-state index is 11.7. The lowest BCUT2D eigenvalue weighted by Gasteiger charge is -2.23. The van der Waals surface area contributed by atoms with E-state index in [-0.39, 0.29) is 5.91 Å². The van der Waals surface area contributed by atoms with Crippen molar-refractivity contribution in [1.82, 2.24) is 10.2 Å². The van der Waals surface area contributed by atoms with Crippen LogP contribution in [-0.4, -0.2) is 59.1 Å². The SMILES string of the molecule is CNC(C)(CCSCC(=O)N1CCCC1)C(=O)O. The predicted octanol–water partition coefficient (Wildman–Crippen LogP) is 0.795. The van der Waals surface area contributed by atoms with E-state index in [0.29, 0.717) is 17.9 Å². The summed E-state index contributed by atoms with van der Waals surface area (Å²) in [5, 5.41) is 11.9. The third-order valence-corrected chi connectivity index (χ3v) is 4.40. The number of likely N-dealkylation sites (tertiary alicyclic amines) is 1. The molecule has 0 aromatic heterocycles. The van der Waals surface area contributed by atoms with Gasteiger partial charge in [0.15, 0.2) is 0 Å². The lowest BCUT2D eigenvalue weighted by atomic mass is 10.00. The first-order chi connectivity index (χ1) is 8.49. The van der Waals surface area contributed by atoms with E-state index < -0.39 is 11.5 Å². The number of rotatable bonds is 7. The molecule has 0 aromatic rings. The number of aliphatic carboxylic acids is 1. The summed E-state index contributed by atoms with van der Waals surface area (Å²) in [6.45, 7) is 3.42. The first-order valence-corrected chi connectivity index (χ1v) is 7.43. The van der Waals surface area contributed by atoms with Crippen molar-refractivity contribution in [3.8, 4) is 0 Å². The van der Waals surface area contributed by atoms with Crippen molar-refractivity contribution in [3.63, 3.8) is 0 Å². The van der Waals surface area contributed by atoms with Crippen LogP contribution in [0.2, 0.25) is 0 Å². The van der Waals surface area contributed by atoms with E-state index in [2.05, 4.69) is 5.32 Å². The van der Waals surface area contributed by atoms with E-state index in [4.69, 9.17) is 5.11 Å². The minimum atomic E-state index is -0.899. The Morgan fingerprint density at radius 3 is 2.50 bits per heavy atom. The number of carbonyl (C=O) groups excluding carboxylic acids is 1. The number of hydrogen-bond acceptors (Lipinski definition) is 4. The molecule has 0 radical (unpaired) electrons. The number of amides is 1. The van der Waals surface area contributed by atoms with E-state index in [1.165, 1.54) is 11.8 Å². The van der Waals surface area contributed by atoms with Gasteiger partial charge in [-0.05, 0) is 39.0 Å². The second-order valence-electron chi connectivity index (χ2n) is 4.78. The van der Waals surface area contributed by atoms with Gasteiger partial charge in [-0.15, -0.1) is 0 Å². The van der Waals surface area contributed by atoms with Crippen LogP contribution in [0.4, 0.5) is 0 Å². The number of nitrogens with one attached hydrogen (secondary N) is 1. The zero-order valence-electron chi connectivity index (χ0n) is 11.1. The number of carboxylic acid groups (broad SMARTS) is 1. The van der Waals surface area contributed by atoms with Crippen molar-refractivity contribution < 1.29 is 14.7 Å². The molecule has 1 saturated heterocycles. The Labute approximate surface area is 112 Å². The molecule has 6 heteroatoms. The molecule has 1 heterocycles. The Morgan fingerprint density at radius 2 is 2.00 bits per heavy atom. The third kappa shape index (κ3) is 4.17. The fourth-order valence-corrected chi connectivity index (χ4v) is 2.89. The molecular weight excluding hydrogens is 252 g/mol. The van der Waals surface area contributed by atoms with Gasteiger partial charge in [-0.3, -0.25) is 9.59 Å². The summed E-state index contributed by atoms with van der Waals surface area (Å²) in [5.41, 5.74) is -0.899. The highest BCUT2D eigenvalue weighted by Gasteiger charge is 2.30. The monoisotopic (exact) mass is 274 g/mol. The molecule has 1 aliphatic rings. The van der Waals surface area contributed by atoms with Gasteiger partial charge >= 0.3 is 5.97 Å². The summed E-state index contributed by atoms with van der Waals surface area (Å²) in [6, 6.07) is 0. The maximum atomic E-state index is 11.7. The lowest BCUT2D eigenvalue weighted by Crippen LogP contribution is -2.48. The number of likely N-dealkylation sites (N-methyl/N-ethyl adjacent to an activating group) is 1. The Kier molecular flexibility index (Phi) is 5.95. The molecule has 1 amide bonds. The lowest BCUT2D eigenvalue weighted by molar-refractivity contribution is -0.144. The van der Waals surface area contributed by atoms with Crippen LogP contribution in [0.15, 0.2) is 0 Å². The molecule has 1 fully saturated rings. The summed E-state index contributed by atoms with van der Waals surface area (Å²) >= 11 is 1.51. The van der Waals surface area contributed by atoms with Gasteiger partial charge in [-0.2, -0.15) is 11.8 Å². The summed E-state index contributed by atoms with van der Waals surface area (Å²) < 4.78 is 0. The van der Waals surface area contributed by atoms with Gasteiger partial charge in [0.2, 0.25) is 5.91 Å². The summed E-state index contributed by atoms with van der Waals surface area (Å²) in [6.07, 6.45) is 2.72. The quantitative estimate of drug-likeness (QED) is 0.672. The zero-order valence-corrected chi connectivity index (χ0v) is 11.9. The van der Waals surface area contributed by atoms with Gasteiger partial charge in [-0.1, -0.05) is 0 Å². The zero-order chi connectivity index (χ0) is 13.6. The minimum Gasteiger partial charge on any atom is -0.480 e. The molecule has 0 aliphatic carbocycles. The Morgan fingerprint density at radius 1 is 1.39 bits per heavy atom. The predicted molar refractivity (Wildman–Crippen MR) is 72.9 cm³/mol. The first kappa shape index (κ1) is 15.3. The minimum absolute atomic E-state index is 0.180. The fraction of sp³-hybridized carbons (Fsp3) is 0.833. The van der Waals surface area contributed by atoms with Crippen molar-refractivity contribution in [2.45, 2.75) is 31.7 Å². The summed E-state index contributed by atoms with van der Waals surface area (Å²) in [5.74, 6) is 0.457. The molecule has 1 rings (SSSR count). The topological polar surface area (TPSA) is 69.6 Å². The molecule has 0 saturated carbocycles. The van der Waals surface area contributed by atoms with Crippen molar-refractivity contribution in [2.24, 2.45) is 0 Å². The van der Waals surface area contributed by atoms with Crippen LogP contribution in [0.25, 0.3) is 0 Å². The van der Waals surface area contributed by atoms with Crippen molar-refractivity contribution in [3.05, 3.63) is 0 Å². The number of nitrogens with zero attached hydrogens (tertiary/aromatic N) is 1. The molecule has 2 N–H and O–H groups in total. The number of hydrogen-bond donors (Lipinski definition) is 2. The normalized spacial score (nSPS) is 18.7. The van der Waals surface area contributed by atoms with Gasteiger partial charge < -0.3 is 15.3 Å². The fourth-order valence-electron chi connectivity index (χ4n) is 1.83. The van der Waals surface area contributed by atoms with Crippen LogP contribution in [0.1, 0.15) is 26.2 Å². The molecule has 1 unspecified atom stereocenters. The van der Waals surface area contributed by atoms with E-state index in [9.17, 15) is 9.59 Å². The first-order valence-electron chi connectivity index (χ1n) is 6.27. The highest BCUT2D eigenvalue weighted by molar-refractivity contribution is 7.99. The maximum Gasteiger partial charge on any atom is 0.323 e. The largest absolute Gasteiger partial charge is 0.480 e. The molecule has 18 heavy (non-hydrogen) atoms. The molecule has 0 bridgehead atoms. The van der Waals surface area contributed by atoms with E-state index >= 15 is 0 Å². The highest BCUT2D eigenvalue weighted by Crippen LogP contribution is 2.16. The van der Waals surface area contributed by atoms with Gasteiger partial charge in [0.1, 0.15) is 5.54 Å². The van der Waals surface area contributed by atoms with Gasteiger partial charge in [0.25, 0.3) is 0 Å².